The third-order valence-corrected chi connectivity index (χ3v) is 6.11. The molecule has 0 spiro atoms. The maximum atomic E-state index is 5.71. The van der Waals surface area contributed by atoms with Crippen molar-refractivity contribution in [1.29, 1.82) is 0 Å². The lowest BCUT2D eigenvalue weighted by Gasteiger charge is -2.22. The Balaban J connectivity index is 0.000000187. The molecule has 216 valence electrons. The fourth-order valence-corrected chi connectivity index (χ4v) is 3.92. The zero-order chi connectivity index (χ0) is 27.0. The van der Waals surface area contributed by atoms with E-state index in [2.05, 4.69) is 25.3 Å². The molecular formula is C29H39ClN6O4. The van der Waals surface area contributed by atoms with Crippen LogP contribution in [0.15, 0.2) is 73.6 Å². The minimum absolute atomic E-state index is 0. The second-order valence-corrected chi connectivity index (χ2v) is 9.33. The highest BCUT2D eigenvalue weighted by Gasteiger charge is 2.14. The Morgan fingerprint density at radius 1 is 0.850 bits per heavy atom. The van der Waals surface area contributed by atoms with Gasteiger partial charge in [-0.25, -0.2) is 14.6 Å². The quantitative estimate of drug-likeness (QED) is 0.264. The second kappa shape index (κ2) is 18.2. The van der Waals surface area contributed by atoms with Gasteiger partial charge in [-0.05, 0) is 73.9 Å². The Morgan fingerprint density at radius 2 is 1.52 bits per heavy atom. The van der Waals surface area contributed by atoms with Gasteiger partial charge in [-0.2, -0.15) is 10.2 Å². The molecule has 2 saturated heterocycles. The van der Waals surface area contributed by atoms with Crippen LogP contribution in [0.4, 0.5) is 0 Å². The smallest absolute Gasteiger partial charge is 0.158 e. The summed E-state index contributed by atoms with van der Waals surface area (Å²) in [6.45, 7) is 2.69. The molecule has 2 aliphatic heterocycles. The number of pyridine rings is 2. The Morgan fingerprint density at radius 3 is 1.95 bits per heavy atom. The third kappa shape index (κ3) is 11.5. The van der Waals surface area contributed by atoms with Gasteiger partial charge >= 0.3 is 0 Å². The van der Waals surface area contributed by atoms with Crippen LogP contribution in [0.3, 0.4) is 0 Å². The van der Waals surface area contributed by atoms with Gasteiger partial charge in [0.2, 0.25) is 0 Å². The molecule has 0 saturated carbocycles. The maximum absolute atomic E-state index is 5.71. The summed E-state index contributed by atoms with van der Waals surface area (Å²) in [4.78, 5) is 8.35. The molecule has 0 radical (unpaired) electrons. The lowest BCUT2D eigenvalue weighted by atomic mass is 10.2. The Kier molecular flexibility index (Phi) is 14.3. The third-order valence-electron chi connectivity index (χ3n) is 5.89. The number of rotatable bonds is 7. The average molecular weight is 571 g/mol. The fourth-order valence-electron chi connectivity index (χ4n) is 3.81. The molecular weight excluding hydrogens is 532 g/mol. The number of H-pyrrole nitrogens is 1. The molecule has 6 heterocycles. The summed E-state index contributed by atoms with van der Waals surface area (Å²) < 4.78 is 24.0. The van der Waals surface area contributed by atoms with Crippen molar-refractivity contribution in [2.45, 2.75) is 71.7 Å². The van der Waals surface area contributed by atoms with Gasteiger partial charge in [-0.3, -0.25) is 5.10 Å². The average Bonchev–Trinajstić information content (AvgIpc) is 3.76. The normalized spacial score (nSPS) is 18.3. The molecule has 0 aromatic carbocycles. The van der Waals surface area contributed by atoms with Crippen molar-refractivity contribution in [2.75, 3.05) is 13.2 Å². The van der Waals surface area contributed by atoms with Crippen LogP contribution < -0.4 is 0 Å². The van der Waals surface area contributed by atoms with E-state index < -0.39 is 0 Å². The molecule has 2 unspecified atom stereocenters. The SMILES string of the molecule is C.Clc1ccc(COC2CCCCO2)cn1.c1cn[nH]c1.c1cnn(-c2ccc(COC3CCCCO3)cn2)c1. The van der Waals surface area contributed by atoms with Gasteiger partial charge in [-0.1, -0.05) is 31.2 Å². The first-order chi connectivity index (χ1) is 19.3. The first-order valence-corrected chi connectivity index (χ1v) is 13.6. The van der Waals surface area contributed by atoms with Crippen LogP contribution in [0.1, 0.15) is 57.1 Å². The Bertz CT molecular complexity index is 1120. The molecule has 10 nitrogen and oxygen atoms in total. The number of aromatic amines is 1. The van der Waals surface area contributed by atoms with E-state index in [0.717, 1.165) is 55.8 Å². The van der Waals surface area contributed by atoms with Gasteiger partial charge in [0.25, 0.3) is 0 Å². The minimum Gasteiger partial charge on any atom is -0.353 e. The predicted molar refractivity (Wildman–Crippen MR) is 153 cm³/mol. The number of hydrogen-bond acceptors (Lipinski definition) is 8. The van der Waals surface area contributed by atoms with Crippen molar-refractivity contribution in [3.05, 3.63) is 89.9 Å². The van der Waals surface area contributed by atoms with Crippen LogP contribution in [0.5, 0.6) is 0 Å². The summed E-state index contributed by atoms with van der Waals surface area (Å²) >= 11 is 5.68. The summed E-state index contributed by atoms with van der Waals surface area (Å²) in [5.41, 5.74) is 2.07. The number of nitrogens with zero attached hydrogens (tertiary/aromatic N) is 5. The molecule has 40 heavy (non-hydrogen) atoms. The topological polar surface area (TPSA) is 109 Å². The molecule has 6 rings (SSSR count). The van der Waals surface area contributed by atoms with E-state index in [9.17, 15) is 0 Å². The molecule has 4 aromatic heterocycles. The van der Waals surface area contributed by atoms with Gasteiger partial charge in [-0.15, -0.1) is 0 Å². The molecule has 0 amide bonds. The Hall–Kier alpha value is -3.15. The highest BCUT2D eigenvalue weighted by Crippen LogP contribution is 2.17. The van der Waals surface area contributed by atoms with Gasteiger partial charge in [0.1, 0.15) is 5.15 Å². The highest BCUT2D eigenvalue weighted by atomic mass is 35.5. The summed E-state index contributed by atoms with van der Waals surface area (Å²) in [6.07, 6.45) is 17.1. The van der Waals surface area contributed by atoms with Gasteiger partial charge in [0, 0.05) is 50.4 Å². The van der Waals surface area contributed by atoms with Crippen LogP contribution in [-0.4, -0.2) is 55.7 Å². The molecule has 0 aliphatic carbocycles. The van der Waals surface area contributed by atoms with Crippen molar-refractivity contribution in [1.82, 2.24) is 29.9 Å². The number of nitrogens with one attached hydrogen (secondary N) is 1. The molecule has 2 aliphatic rings. The van der Waals surface area contributed by atoms with Crippen LogP contribution in [-0.2, 0) is 32.2 Å². The van der Waals surface area contributed by atoms with E-state index in [1.165, 1.54) is 12.8 Å². The monoisotopic (exact) mass is 570 g/mol. The maximum Gasteiger partial charge on any atom is 0.158 e. The van der Waals surface area contributed by atoms with Crippen molar-refractivity contribution < 1.29 is 18.9 Å². The number of ether oxygens (including phenoxy) is 4. The molecule has 11 heteroatoms. The largest absolute Gasteiger partial charge is 0.353 e. The Labute approximate surface area is 241 Å². The van der Waals surface area contributed by atoms with Crippen molar-refractivity contribution in [3.63, 3.8) is 0 Å². The van der Waals surface area contributed by atoms with Crippen LogP contribution in [0, 0.1) is 0 Å². The van der Waals surface area contributed by atoms with Crippen LogP contribution in [0.25, 0.3) is 5.82 Å². The van der Waals surface area contributed by atoms with Crippen LogP contribution >= 0.6 is 11.6 Å². The zero-order valence-electron chi connectivity index (χ0n) is 21.9. The number of hydrogen-bond donors (Lipinski definition) is 1. The molecule has 2 fully saturated rings. The lowest BCUT2D eigenvalue weighted by Crippen LogP contribution is -2.22. The molecule has 1 N–H and O–H groups in total. The molecule has 2 atom stereocenters. The summed E-state index contributed by atoms with van der Waals surface area (Å²) in [5.74, 6) is 0.808. The van der Waals surface area contributed by atoms with Gasteiger partial charge in [0.05, 0.1) is 13.2 Å². The lowest BCUT2D eigenvalue weighted by molar-refractivity contribution is -0.169. The number of halogens is 1. The summed E-state index contributed by atoms with van der Waals surface area (Å²) in [5, 5.41) is 10.9. The summed E-state index contributed by atoms with van der Waals surface area (Å²) in [7, 11) is 0. The first-order valence-electron chi connectivity index (χ1n) is 13.2. The van der Waals surface area contributed by atoms with E-state index in [4.69, 9.17) is 30.5 Å². The zero-order valence-corrected chi connectivity index (χ0v) is 22.7. The van der Waals surface area contributed by atoms with Gasteiger partial charge in [0.15, 0.2) is 18.4 Å². The fraction of sp³-hybridized carbons (Fsp3) is 0.448. The van der Waals surface area contributed by atoms with Crippen molar-refractivity contribution >= 4 is 11.6 Å². The minimum atomic E-state index is -0.0560. The van der Waals surface area contributed by atoms with E-state index in [1.807, 2.05) is 42.7 Å². The predicted octanol–water partition coefficient (Wildman–Crippen LogP) is 6.13. The molecule has 4 aromatic rings. The van der Waals surface area contributed by atoms with Crippen LogP contribution in [0.2, 0.25) is 5.15 Å². The van der Waals surface area contributed by atoms with E-state index in [1.54, 1.807) is 35.5 Å². The molecule has 0 bridgehead atoms. The second-order valence-electron chi connectivity index (χ2n) is 8.95. The van der Waals surface area contributed by atoms with Crippen molar-refractivity contribution in [2.24, 2.45) is 0 Å². The van der Waals surface area contributed by atoms with Gasteiger partial charge < -0.3 is 18.9 Å². The highest BCUT2D eigenvalue weighted by molar-refractivity contribution is 6.29. The number of aromatic nitrogens is 6. The van der Waals surface area contributed by atoms with E-state index in [-0.39, 0.29) is 20.0 Å². The summed E-state index contributed by atoms with van der Waals surface area (Å²) in [6, 6.07) is 11.3. The first kappa shape index (κ1) is 31.4. The van der Waals surface area contributed by atoms with Crippen molar-refractivity contribution in [3.8, 4) is 5.82 Å². The standard InChI is InChI=1S/C14H17N3O2.C11H14ClNO2.C3H4N2.CH4/c1-2-9-18-14(4-1)19-11-12-5-6-13(15-10-12)17-8-3-7-16-17;12-10-5-4-9(7-13-10)8-15-11-3-1-2-6-14-11;1-2-4-5-3-1;/h3,5-8,10,14H,1-2,4,9,11H2;4-5,7,11H,1-3,6,8H2;1-3H,(H,4,5);1H4. The van der Waals surface area contributed by atoms with E-state index in [0.29, 0.717) is 18.4 Å². The van der Waals surface area contributed by atoms with E-state index >= 15 is 0 Å².